The van der Waals surface area contributed by atoms with Crippen molar-refractivity contribution in [3.05, 3.63) is 64.5 Å². The number of rotatable bonds is 2. The molecule has 2 aromatic carbocycles. The fraction of sp³-hybridized carbons (Fsp3) is 0.150. The van der Waals surface area contributed by atoms with E-state index in [1.807, 2.05) is 6.92 Å². The van der Waals surface area contributed by atoms with E-state index in [1.165, 1.54) is 24.5 Å². The summed E-state index contributed by atoms with van der Waals surface area (Å²) in [6, 6.07) is 7.69. The predicted molar refractivity (Wildman–Crippen MR) is 94.2 cm³/mol. The van der Waals surface area contributed by atoms with Crippen molar-refractivity contribution in [2.45, 2.75) is 19.4 Å². The van der Waals surface area contributed by atoms with Gasteiger partial charge < -0.3 is 19.4 Å². The molecule has 2 heterocycles. The molecule has 25 heavy (non-hydrogen) atoms. The van der Waals surface area contributed by atoms with Crippen molar-refractivity contribution >= 4 is 11.0 Å². The van der Waals surface area contributed by atoms with Gasteiger partial charge in [-0.3, -0.25) is 4.79 Å². The Morgan fingerprint density at radius 2 is 1.96 bits per heavy atom. The summed E-state index contributed by atoms with van der Waals surface area (Å²) in [5, 5.41) is 19.9. The first-order valence-electron chi connectivity index (χ1n) is 7.87. The second-order valence-corrected chi connectivity index (χ2v) is 6.26. The molecule has 0 fully saturated rings. The Morgan fingerprint density at radius 1 is 1.24 bits per heavy atom. The molecule has 0 saturated carbocycles. The van der Waals surface area contributed by atoms with Gasteiger partial charge in [-0.2, -0.15) is 0 Å². The maximum absolute atomic E-state index is 12.9. The van der Waals surface area contributed by atoms with Crippen molar-refractivity contribution in [2.75, 3.05) is 0 Å². The van der Waals surface area contributed by atoms with Crippen LogP contribution in [-0.4, -0.2) is 16.3 Å². The molecule has 5 nitrogen and oxygen atoms in total. The van der Waals surface area contributed by atoms with E-state index >= 15 is 0 Å². The van der Waals surface area contributed by atoms with Crippen molar-refractivity contribution in [1.82, 2.24) is 0 Å². The van der Waals surface area contributed by atoms with Gasteiger partial charge in [-0.25, -0.2) is 0 Å². The maximum atomic E-state index is 12.9. The number of hydrogen-bond acceptors (Lipinski definition) is 5. The normalized spacial score (nSPS) is 15.8. The number of benzene rings is 2. The first-order chi connectivity index (χ1) is 12.0. The van der Waals surface area contributed by atoms with E-state index in [0.29, 0.717) is 28.9 Å². The molecule has 126 valence electrons. The quantitative estimate of drug-likeness (QED) is 0.697. The highest BCUT2D eigenvalue weighted by Gasteiger charge is 2.29. The fourth-order valence-corrected chi connectivity index (χ4v) is 3.11. The summed E-state index contributed by atoms with van der Waals surface area (Å²) in [6.45, 7) is 5.77. The minimum atomic E-state index is -0.328. The Kier molecular flexibility index (Phi) is 3.32. The third-order valence-electron chi connectivity index (χ3n) is 4.48. The van der Waals surface area contributed by atoms with E-state index in [-0.39, 0.29) is 28.4 Å². The van der Waals surface area contributed by atoms with E-state index in [1.54, 1.807) is 12.1 Å². The molecule has 0 unspecified atom stereocenters. The van der Waals surface area contributed by atoms with E-state index in [0.717, 1.165) is 11.1 Å². The van der Waals surface area contributed by atoms with Crippen LogP contribution >= 0.6 is 0 Å². The molecule has 0 radical (unpaired) electrons. The smallest absolute Gasteiger partial charge is 0.204 e. The summed E-state index contributed by atoms with van der Waals surface area (Å²) in [6.07, 6.45) is 1.73. The molecule has 3 aromatic rings. The van der Waals surface area contributed by atoms with Crippen molar-refractivity contribution < 1.29 is 19.4 Å². The summed E-state index contributed by atoms with van der Waals surface area (Å²) in [7, 11) is 0. The SMILES string of the molecule is C=C(C)[C@@H]1Cc2c(cc(O)c3c(=O)c(-c4ccc(O)cc4)coc23)O1. The molecule has 0 aliphatic carbocycles. The number of hydrogen-bond donors (Lipinski definition) is 2. The average Bonchev–Trinajstić information content (AvgIpc) is 3.00. The van der Waals surface area contributed by atoms with Crippen LogP contribution in [0.3, 0.4) is 0 Å². The van der Waals surface area contributed by atoms with Gasteiger partial charge in [0.15, 0.2) is 0 Å². The van der Waals surface area contributed by atoms with Crippen molar-refractivity contribution in [3.63, 3.8) is 0 Å². The molecule has 0 amide bonds. The van der Waals surface area contributed by atoms with Gasteiger partial charge in [0.2, 0.25) is 5.43 Å². The lowest BCUT2D eigenvalue weighted by atomic mass is 10.0. The number of fused-ring (bicyclic) bond motifs is 3. The highest BCUT2D eigenvalue weighted by Crippen LogP contribution is 2.40. The molecule has 2 N–H and O–H groups in total. The van der Waals surface area contributed by atoms with E-state index < -0.39 is 0 Å². The summed E-state index contributed by atoms with van der Waals surface area (Å²) in [5.74, 6) is 0.446. The molecule has 4 rings (SSSR count). The van der Waals surface area contributed by atoms with Crippen LogP contribution < -0.4 is 10.2 Å². The van der Waals surface area contributed by atoms with Crippen LogP contribution in [0.5, 0.6) is 17.2 Å². The van der Waals surface area contributed by atoms with Crippen LogP contribution in [0.25, 0.3) is 22.1 Å². The third kappa shape index (κ3) is 2.36. The monoisotopic (exact) mass is 336 g/mol. The Labute approximate surface area is 143 Å². The molecular formula is C20H16O5. The van der Waals surface area contributed by atoms with Gasteiger partial charge in [-0.1, -0.05) is 18.7 Å². The highest BCUT2D eigenvalue weighted by molar-refractivity contribution is 5.91. The van der Waals surface area contributed by atoms with Crippen molar-refractivity contribution in [2.24, 2.45) is 0 Å². The Hall–Kier alpha value is -3.21. The van der Waals surface area contributed by atoms with Gasteiger partial charge in [-0.05, 0) is 30.2 Å². The number of phenolic OH excluding ortho intramolecular Hbond substituents is 2. The number of ether oxygens (including phenoxy) is 1. The number of aromatic hydroxyl groups is 2. The maximum Gasteiger partial charge on any atom is 0.204 e. The number of phenols is 2. The summed E-state index contributed by atoms with van der Waals surface area (Å²) in [5.41, 5.74) is 2.56. The molecule has 1 aromatic heterocycles. The molecule has 0 saturated heterocycles. The Bertz CT molecular complexity index is 1060. The van der Waals surface area contributed by atoms with Crippen LogP contribution in [0.1, 0.15) is 12.5 Å². The van der Waals surface area contributed by atoms with Gasteiger partial charge in [0.05, 0.1) is 5.56 Å². The average molecular weight is 336 g/mol. The van der Waals surface area contributed by atoms with E-state index in [4.69, 9.17) is 9.15 Å². The zero-order valence-electron chi connectivity index (χ0n) is 13.6. The molecule has 5 heteroatoms. The summed E-state index contributed by atoms with van der Waals surface area (Å²) >= 11 is 0. The second-order valence-electron chi connectivity index (χ2n) is 6.26. The third-order valence-corrected chi connectivity index (χ3v) is 4.48. The van der Waals surface area contributed by atoms with Crippen LogP contribution in [0.2, 0.25) is 0 Å². The minimum Gasteiger partial charge on any atom is -0.508 e. The van der Waals surface area contributed by atoms with Gasteiger partial charge in [0, 0.05) is 18.1 Å². The standard InChI is InChI=1S/C20H16O5/c1-10(2)16-7-13-17(25-16)8-15(22)18-19(23)14(9-24-20(13)18)11-3-5-12(21)6-4-11/h3-6,8-9,16,21-22H,1,7H2,2H3/t16-/m0/s1. The largest absolute Gasteiger partial charge is 0.508 e. The lowest BCUT2D eigenvalue weighted by Gasteiger charge is -2.09. The second kappa shape index (κ2) is 5.41. The van der Waals surface area contributed by atoms with Crippen LogP contribution in [0, 0.1) is 0 Å². The molecule has 1 aliphatic rings. The summed E-state index contributed by atoms with van der Waals surface area (Å²) < 4.78 is 11.5. The topological polar surface area (TPSA) is 79.9 Å². The molecule has 1 atom stereocenters. The highest BCUT2D eigenvalue weighted by atomic mass is 16.5. The van der Waals surface area contributed by atoms with E-state index in [9.17, 15) is 15.0 Å². The zero-order chi connectivity index (χ0) is 17.7. The Balaban J connectivity index is 1.94. The Morgan fingerprint density at radius 3 is 2.64 bits per heavy atom. The van der Waals surface area contributed by atoms with Crippen LogP contribution in [-0.2, 0) is 6.42 Å². The predicted octanol–water partition coefficient (Wildman–Crippen LogP) is 3.75. The molecular weight excluding hydrogens is 320 g/mol. The van der Waals surface area contributed by atoms with E-state index in [2.05, 4.69) is 6.58 Å². The van der Waals surface area contributed by atoms with Gasteiger partial charge in [0.25, 0.3) is 0 Å². The first-order valence-corrected chi connectivity index (χ1v) is 7.87. The summed E-state index contributed by atoms with van der Waals surface area (Å²) in [4.78, 5) is 12.9. The zero-order valence-corrected chi connectivity index (χ0v) is 13.6. The lowest BCUT2D eigenvalue weighted by molar-refractivity contribution is 0.270. The molecule has 0 spiro atoms. The van der Waals surface area contributed by atoms with Gasteiger partial charge >= 0.3 is 0 Å². The molecule has 0 bridgehead atoms. The van der Waals surface area contributed by atoms with Crippen molar-refractivity contribution in [3.8, 4) is 28.4 Å². The first kappa shape index (κ1) is 15.3. The van der Waals surface area contributed by atoms with Crippen molar-refractivity contribution in [1.29, 1.82) is 0 Å². The minimum absolute atomic E-state index is 0.109. The molecule has 1 aliphatic heterocycles. The van der Waals surface area contributed by atoms with Gasteiger partial charge in [0.1, 0.15) is 40.6 Å². The lowest BCUT2D eigenvalue weighted by Crippen LogP contribution is -2.13. The van der Waals surface area contributed by atoms with Crippen LogP contribution in [0.15, 0.2) is 58.0 Å². The van der Waals surface area contributed by atoms with Gasteiger partial charge in [-0.15, -0.1) is 0 Å². The fourth-order valence-electron chi connectivity index (χ4n) is 3.11. The van der Waals surface area contributed by atoms with Crippen LogP contribution in [0.4, 0.5) is 0 Å².